The van der Waals surface area contributed by atoms with E-state index in [9.17, 15) is 9.90 Å². The van der Waals surface area contributed by atoms with Gasteiger partial charge in [0, 0.05) is 6.42 Å². The molecule has 1 rings (SSSR count). The van der Waals surface area contributed by atoms with Crippen LogP contribution < -0.4 is 0 Å². The number of esters is 1. The van der Waals surface area contributed by atoms with Crippen LogP contribution in [0.2, 0.25) is 0 Å². The first-order valence-corrected chi connectivity index (χ1v) is 8.59. The third kappa shape index (κ3) is 10.1. The summed E-state index contributed by atoms with van der Waals surface area (Å²) in [7, 11) is 1.43. The maximum absolute atomic E-state index is 11.0. The third-order valence-electron chi connectivity index (χ3n) is 3.92. The Morgan fingerprint density at radius 2 is 1.70 bits per heavy atom. The van der Waals surface area contributed by atoms with Gasteiger partial charge >= 0.3 is 5.97 Å². The Labute approximate surface area is 139 Å². The number of aliphatic hydroxyl groups is 1. The molecule has 0 amide bonds. The van der Waals surface area contributed by atoms with Crippen molar-refractivity contribution in [2.24, 2.45) is 0 Å². The largest absolute Gasteiger partial charge is 0.469 e. The van der Waals surface area contributed by atoms with Crippen molar-refractivity contribution in [1.29, 1.82) is 0 Å². The second-order valence-corrected chi connectivity index (χ2v) is 5.84. The van der Waals surface area contributed by atoms with Gasteiger partial charge in [0.05, 0.1) is 26.4 Å². The summed E-state index contributed by atoms with van der Waals surface area (Å²) in [6.07, 6.45) is 7.84. The Morgan fingerprint density at radius 3 is 2.35 bits per heavy atom. The lowest BCUT2D eigenvalue weighted by atomic mass is 10.1. The van der Waals surface area contributed by atoms with E-state index in [0.29, 0.717) is 13.0 Å². The van der Waals surface area contributed by atoms with E-state index in [0.717, 1.165) is 50.5 Å². The van der Waals surface area contributed by atoms with Crippen molar-refractivity contribution in [3.8, 4) is 0 Å². The molecule has 1 unspecified atom stereocenters. The van der Waals surface area contributed by atoms with Gasteiger partial charge in [-0.2, -0.15) is 0 Å². The average molecular weight is 322 g/mol. The molecule has 0 aliphatic heterocycles. The summed E-state index contributed by atoms with van der Waals surface area (Å²) >= 11 is 0. The van der Waals surface area contributed by atoms with E-state index in [1.54, 1.807) is 0 Å². The van der Waals surface area contributed by atoms with Crippen molar-refractivity contribution in [1.82, 2.24) is 0 Å². The molecule has 0 heterocycles. The minimum Gasteiger partial charge on any atom is -0.469 e. The minimum absolute atomic E-state index is 0.0745. The number of aliphatic hydroxyl groups excluding tert-OH is 1. The zero-order chi connectivity index (χ0) is 16.8. The molecule has 0 spiro atoms. The predicted molar refractivity (Wildman–Crippen MR) is 91.1 cm³/mol. The van der Waals surface area contributed by atoms with E-state index >= 15 is 0 Å². The highest BCUT2D eigenvalue weighted by Gasteiger charge is 2.07. The van der Waals surface area contributed by atoms with E-state index < -0.39 is 0 Å². The van der Waals surface area contributed by atoms with Crippen LogP contribution in [0.4, 0.5) is 0 Å². The molecule has 4 nitrogen and oxygen atoms in total. The van der Waals surface area contributed by atoms with E-state index in [1.807, 2.05) is 30.3 Å². The molecule has 1 aromatic rings. The maximum atomic E-state index is 11.0. The number of hydrogen-bond donors (Lipinski definition) is 1. The molecule has 0 saturated carbocycles. The minimum atomic E-state index is -0.119. The molecule has 0 radical (unpaired) electrons. The monoisotopic (exact) mass is 322 g/mol. The van der Waals surface area contributed by atoms with Crippen LogP contribution in [0.3, 0.4) is 0 Å². The van der Waals surface area contributed by atoms with Crippen molar-refractivity contribution in [3.05, 3.63) is 35.9 Å². The highest BCUT2D eigenvalue weighted by Crippen LogP contribution is 2.13. The summed E-state index contributed by atoms with van der Waals surface area (Å²) in [6.45, 7) is 0.631. The van der Waals surface area contributed by atoms with Crippen LogP contribution in [0, 0.1) is 0 Å². The normalized spacial score (nSPS) is 12.1. The molecular formula is C19H30O4. The zero-order valence-corrected chi connectivity index (χ0v) is 14.2. The number of benzene rings is 1. The highest BCUT2D eigenvalue weighted by atomic mass is 16.5. The summed E-state index contributed by atoms with van der Waals surface area (Å²) in [5.74, 6) is -0.119. The standard InChI is InChI=1S/C19H30O4/c1-22-19(21)14-10-5-3-2-4-9-13-18(15-20)23-16-17-11-7-6-8-12-17/h6-8,11-12,18,20H,2-5,9-10,13-16H2,1H3. The van der Waals surface area contributed by atoms with E-state index in [1.165, 1.54) is 7.11 Å². The van der Waals surface area contributed by atoms with E-state index in [4.69, 9.17) is 4.74 Å². The first-order chi connectivity index (χ1) is 11.3. The molecule has 130 valence electrons. The molecule has 1 N–H and O–H groups in total. The van der Waals surface area contributed by atoms with E-state index in [2.05, 4.69) is 4.74 Å². The van der Waals surface area contributed by atoms with Crippen molar-refractivity contribution < 1.29 is 19.4 Å². The molecule has 0 aliphatic carbocycles. The Hall–Kier alpha value is -1.39. The SMILES string of the molecule is COC(=O)CCCCCCCCC(CO)OCc1ccccc1. The lowest BCUT2D eigenvalue weighted by Gasteiger charge is -2.15. The van der Waals surface area contributed by atoms with Crippen LogP contribution in [-0.4, -0.2) is 30.9 Å². The van der Waals surface area contributed by atoms with Gasteiger partial charge in [0.1, 0.15) is 0 Å². The van der Waals surface area contributed by atoms with Crippen LogP contribution in [0.1, 0.15) is 56.9 Å². The Balaban J connectivity index is 1.99. The Morgan fingerprint density at radius 1 is 1.04 bits per heavy atom. The topological polar surface area (TPSA) is 55.8 Å². The van der Waals surface area contributed by atoms with E-state index in [-0.39, 0.29) is 18.7 Å². The van der Waals surface area contributed by atoms with Gasteiger partial charge in [-0.15, -0.1) is 0 Å². The first kappa shape index (κ1) is 19.7. The van der Waals surface area contributed by atoms with Crippen LogP contribution in [0.25, 0.3) is 0 Å². The Bertz CT molecular complexity index is 405. The molecule has 0 aliphatic rings. The lowest BCUT2D eigenvalue weighted by Crippen LogP contribution is -2.17. The van der Waals surface area contributed by atoms with Crippen molar-refractivity contribution in [2.75, 3.05) is 13.7 Å². The molecule has 1 aromatic carbocycles. The molecule has 0 fully saturated rings. The number of rotatable bonds is 13. The summed E-state index contributed by atoms with van der Waals surface area (Å²) in [4.78, 5) is 11.0. The second kappa shape index (κ2) is 13.1. The summed E-state index contributed by atoms with van der Waals surface area (Å²) in [5.41, 5.74) is 1.14. The van der Waals surface area contributed by atoms with Gasteiger partial charge in [0.25, 0.3) is 0 Å². The van der Waals surface area contributed by atoms with Crippen molar-refractivity contribution in [2.45, 2.75) is 64.1 Å². The van der Waals surface area contributed by atoms with Gasteiger partial charge in [0.2, 0.25) is 0 Å². The van der Waals surface area contributed by atoms with Crippen LogP contribution in [0.5, 0.6) is 0 Å². The summed E-state index contributed by atoms with van der Waals surface area (Å²) < 4.78 is 10.4. The maximum Gasteiger partial charge on any atom is 0.305 e. The smallest absolute Gasteiger partial charge is 0.305 e. The molecule has 23 heavy (non-hydrogen) atoms. The van der Waals surface area contributed by atoms with Crippen LogP contribution >= 0.6 is 0 Å². The van der Waals surface area contributed by atoms with Gasteiger partial charge in [-0.05, 0) is 18.4 Å². The molecule has 1 atom stereocenters. The van der Waals surface area contributed by atoms with Crippen molar-refractivity contribution in [3.63, 3.8) is 0 Å². The van der Waals surface area contributed by atoms with Crippen LogP contribution in [0.15, 0.2) is 30.3 Å². The predicted octanol–water partition coefficient (Wildman–Crippen LogP) is 3.86. The Kier molecular flexibility index (Phi) is 11.2. The fourth-order valence-corrected chi connectivity index (χ4v) is 2.47. The number of methoxy groups -OCH3 is 1. The number of hydrogen-bond acceptors (Lipinski definition) is 4. The fourth-order valence-electron chi connectivity index (χ4n) is 2.47. The van der Waals surface area contributed by atoms with Crippen molar-refractivity contribution >= 4 is 5.97 Å². The average Bonchev–Trinajstić information content (AvgIpc) is 2.60. The number of carbonyl (C=O) groups excluding carboxylic acids is 1. The molecule has 0 bridgehead atoms. The molecule has 0 saturated heterocycles. The van der Waals surface area contributed by atoms with Gasteiger partial charge in [-0.25, -0.2) is 0 Å². The highest BCUT2D eigenvalue weighted by molar-refractivity contribution is 5.68. The number of ether oxygens (including phenoxy) is 2. The molecular weight excluding hydrogens is 292 g/mol. The van der Waals surface area contributed by atoms with Gasteiger partial charge in [0.15, 0.2) is 0 Å². The van der Waals surface area contributed by atoms with Crippen LogP contribution in [-0.2, 0) is 20.9 Å². The summed E-state index contributed by atoms with van der Waals surface area (Å²) in [6, 6.07) is 10.0. The summed E-state index contributed by atoms with van der Waals surface area (Å²) in [5, 5.41) is 9.38. The van der Waals surface area contributed by atoms with Gasteiger partial charge in [-0.3, -0.25) is 4.79 Å². The second-order valence-electron chi connectivity index (χ2n) is 5.84. The first-order valence-electron chi connectivity index (χ1n) is 8.59. The number of carbonyl (C=O) groups is 1. The molecule has 4 heteroatoms. The zero-order valence-electron chi connectivity index (χ0n) is 14.2. The van der Waals surface area contributed by atoms with Gasteiger partial charge in [-0.1, -0.05) is 62.4 Å². The quantitative estimate of drug-likeness (QED) is 0.442. The van der Waals surface area contributed by atoms with Gasteiger partial charge < -0.3 is 14.6 Å². The fraction of sp³-hybridized carbons (Fsp3) is 0.632. The third-order valence-corrected chi connectivity index (χ3v) is 3.92. The molecule has 0 aromatic heterocycles. The number of unbranched alkanes of at least 4 members (excludes halogenated alkanes) is 5. The lowest BCUT2D eigenvalue weighted by molar-refractivity contribution is -0.140.